The number of thioether (sulfide) groups is 1. The van der Waals surface area contributed by atoms with Crippen molar-refractivity contribution < 1.29 is 4.63 Å². The first-order chi connectivity index (χ1) is 8.34. The van der Waals surface area contributed by atoms with Crippen LogP contribution in [0.5, 0.6) is 0 Å². The quantitative estimate of drug-likeness (QED) is 0.828. The van der Waals surface area contributed by atoms with Crippen LogP contribution in [0.4, 0.5) is 5.69 Å². The van der Waals surface area contributed by atoms with Crippen LogP contribution in [0.3, 0.4) is 0 Å². The van der Waals surface area contributed by atoms with Gasteiger partial charge in [-0.2, -0.15) is 0 Å². The van der Waals surface area contributed by atoms with Crippen LogP contribution in [0.2, 0.25) is 0 Å². The predicted molar refractivity (Wildman–Crippen MR) is 68.9 cm³/mol. The third-order valence-corrected chi connectivity index (χ3v) is 4.64. The highest BCUT2D eigenvalue weighted by Crippen LogP contribution is 2.37. The molecule has 0 unspecified atom stereocenters. The first-order valence-corrected chi connectivity index (χ1v) is 6.90. The van der Waals surface area contributed by atoms with Gasteiger partial charge in [-0.05, 0) is 35.3 Å². The van der Waals surface area contributed by atoms with Gasteiger partial charge in [-0.15, -0.1) is 11.8 Å². The summed E-state index contributed by atoms with van der Waals surface area (Å²) >= 11 is 1.89. The van der Waals surface area contributed by atoms with Gasteiger partial charge in [0.1, 0.15) is 0 Å². The molecule has 1 aliphatic carbocycles. The topological polar surface area (TPSA) is 64.9 Å². The summed E-state index contributed by atoms with van der Waals surface area (Å²) in [7, 11) is 0. The molecule has 0 bridgehead atoms. The molecule has 1 aliphatic rings. The van der Waals surface area contributed by atoms with Crippen molar-refractivity contribution in [1.29, 1.82) is 0 Å². The monoisotopic (exact) mass is 249 g/mol. The van der Waals surface area contributed by atoms with Gasteiger partial charge in [0.05, 0.1) is 5.69 Å². The van der Waals surface area contributed by atoms with Crippen LogP contribution in [0.1, 0.15) is 32.1 Å². The van der Waals surface area contributed by atoms with E-state index >= 15 is 0 Å². The zero-order valence-corrected chi connectivity index (χ0v) is 10.4. The summed E-state index contributed by atoms with van der Waals surface area (Å²) in [5.74, 6) is 0. The fraction of sp³-hybridized carbons (Fsp3) is 0.500. The van der Waals surface area contributed by atoms with E-state index in [-0.39, 0.29) is 0 Å². The van der Waals surface area contributed by atoms with Crippen molar-refractivity contribution in [3.63, 3.8) is 0 Å². The minimum atomic E-state index is 0.634. The van der Waals surface area contributed by atoms with E-state index in [4.69, 9.17) is 10.4 Å². The second-order valence-corrected chi connectivity index (χ2v) is 5.83. The fourth-order valence-corrected chi connectivity index (χ4v) is 3.64. The van der Waals surface area contributed by atoms with Gasteiger partial charge in [-0.25, -0.2) is 4.63 Å². The lowest BCUT2D eigenvalue weighted by molar-refractivity contribution is 0.315. The minimum absolute atomic E-state index is 0.634. The van der Waals surface area contributed by atoms with E-state index in [0.29, 0.717) is 16.5 Å². The van der Waals surface area contributed by atoms with Gasteiger partial charge in [0, 0.05) is 10.1 Å². The molecule has 0 radical (unpaired) electrons. The highest BCUT2D eigenvalue weighted by atomic mass is 32.2. The molecule has 2 aromatic rings. The Morgan fingerprint density at radius 3 is 2.71 bits per heavy atom. The van der Waals surface area contributed by atoms with Crippen molar-refractivity contribution in [2.75, 3.05) is 5.73 Å². The van der Waals surface area contributed by atoms with Crippen LogP contribution in [-0.2, 0) is 0 Å². The molecular weight excluding hydrogens is 234 g/mol. The van der Waals surface area contributed by atoms with Crippen LogP contribution in [0.25, 0.3) is 11.0 Å². The Balaban J connectivity index is 1.89. The van der Waals surface area contributed by atoms with Gasteiger partial charge in [0.25, 0.3) is 0 Å². The van der Waals surface area contributed by atoms with Crippen LogP contribution >= 0.6 is 11.8 Å². The van der Waals surface area contributed by atoms with E-state index in [0.717, 1.165) is 10.4 Å². The molecule has 4 nitrogen and oxygen atoms in total. The maximum Gasteiger partial charge on any atom is 0.159 e. The zero-order valence-electron chi connectivity index (χ0n) is 9.56. The number of anilines is 1. The molecule has 0 atom stereocenters. The Kier molecular flexibility index (Phi) is 2.93. The van der Waals surface area contributed by atoms with E-state index in [1.54, 1.807) is 0 Å². The molecule has 1 fully saturated rings. The molecule has 17 heavy (non-hydrogen) atoms. The number of hydrogen-bond acceptors (Lipinski definition) is 5. The Labute approximate surface area is 104 Å². The zero-order chi connectivity index (χ0) is 11.7. The van der Waals surface area contributed by atoms with E-state index < -0.39 is 0 Å². The van der Waals surface area contributed by atoms with E-state index in [9.17, 15) is 0 Å². The van der Waals surface area contributed by atoms with Crippen molar-refractivity contribution in [3.8, 4) is 0 Å². The fourth-order valence-electron chi connectivity index (χ4n) is 2.32. The lowest BCUT2D eigenvalue weighted by Crippen LogP contribution is -2.07. The van der Waals surface area contributed by atoms with E-state index in [1.807, 2.05) is 23.9 Å². The number of fused-ring (bicyclic) bond motifs is 1. The molecule has 0 spiro atoms. The lowest BCUT2D eigenvalue weighted by Gasteiger charge is -2.20. The molecule has 1 saturated carbocycles. The summed E-state index contributed by atoms with van der Waals surface area (Å²) in [4.78, 5) is 1.14. The average Bonchev–Trinajstić information content (AvgIpc) is 2.84. The minimum Gasteiger partial charge on any atom is -0.397 e. The summed E-state index contributed by atoms with van der Waals surface area (Å²) in [5.41, 5.74) is 7.96. The molecule has 2 N–H and O–H groups in total. The standard InChI is InChI=1S/C12H15N3OS/c13-9-6-7-10(12-11(9)14-16-15-12)17-8-4-2-1-3-5-8/h6-8H,1-5,13H2. The molecule has 1 aromatic carbocycles. The molecule has 90 valence electrons. The van der Waals surface area contributed by atoms with Gasteiger partial charge in [-0.3, -0.25) is 0 Å². The number of benzene rings is 1. The van der Waals surface area contributed by atoms with Gasteiger partial charge in [0.15, 0.2) is 11.0 Å². The normalized spacial score (nSPS) is 17.6. The molecule has 3 rings (SSSR count). The third kappa shape index (κ3) is 2.11. The number of aromatic nitrogens is 2. The predicted octanol–water partition coefficient (Wildman–Crippen LogP) is 3.23. The first kappa shape index (κ1) is 10.9. The Hall–Kier alpha value is -1.23. The van der Waals surface area contributed by atoms with Gasteiger partial charge in [0.2, 0.25) is 0 Å². The number of hydrogen-bond donors (Lipinski definition) is 1. The summed E-state index contributed by atoms with van der Waals surface area (Å²) in [6, 6.07) is 3.92. The number of nitrogens with zero attached hydrogens (tertiary/aromatic N) is 2. The lowest BCUT2D eigenvalue weighted by atomic mass is 10.0. The maximum absolute atomic E-state index is 5.83. The summed E-state index contributed by atoms with van der Waals surface area (Å²) in [6.07, 6.45) is 6.64. The van der Waals surface area contributed by atoms with Crippen molar-refractivity contribution in [3.05, 3.63) is 12.1 Å². The summed E-state index contributed by atoms with van der Waals surface area (Å²) in [6.45, 7) is 0. The van der Waals surface area contributed by atoms with Gasteiger partial charge >= 0.3 is 0 Å². The molecule has 5 heteroatoms. The molecular formula is C12H15N3OS. The van der Waals surface area contributed by atoms with Gasteiger partial charge < -0.3 is 5.73 Å². The third-order valence-electron chi connectivity index (χ3n) is 3.26. The molecule has 0 saturated heterocycles. The summed E-state index contributed by atoms with van der Waals surface area (Å²) in [5, 5.41) is 8.51. The highest BCUT2D eigenvalue weighted by molar-refractivity contribution is 8.00. The van der Waals surface area contributed by atoms with Gasteiger partial charge in [-0.1, -0.05) is 19.3 Å². The SMILES string of the molecule is Nc1ccc(SC2CCCCC2)c2nonc12. The number of nitrogen functional groups attached to an aromatic ring is 1. The average molecular weight is 249 g/mol. The molecule has 0 aliphatic heterocycles. The number of nitrogens with two attached hydrogens (primary N) is 1. The van der Waals surface area contributed by atoms with Crippen molar-refractivity contribution in [1.82, 2.24) is 10.3 Å². The van der Waals surface area contributed by atoms with Crippen LogP contribution < -0.4 is 5.73 Å². The first-order valence-electron chi connectivity index (χ1n) is 6.02. The van der Waals surface area contributed by atoms with Crippen LogP contribution in [0, 0.1) is 0 Å². The molecule has 0 amide bonds. The summed E-state index contributed by atoms with van der Waals surface area (Å²) < 4.78 is 4.78. The Bertz CT molecular complexity index is 519. The van der Waals surface area contributed by atoms with Crippen molar-refractivity contribution in [2.45, 2.75) is 42.2 Å². The molecule has 1 heterocycles. The van der Waals surface area contributed by atoms with E-state index in [1.165, 1.54) is 32.1 Å². The van der Waals surface area contributed by atoms with Crippen LogP contribution in [0.15, 0.2) is 21.7 Å². The Morgan fingerprint density at radius 2 is 1.88 bits per heavy atom. The largest absolute Gasteiger partial charge is 0.397 e. The van der Waals surface area contributed by atoms with E-state index in [2.05, 4.69) is 10.3 Å². The Morgan fingerprint density at radius 1 is 1.12 bits per heavy atom. The maximum atomic E-state index is 5.83. The van der Waals surface area contributed by atoms with Crippen molar-refractivity contribution in [2.24, 2.45) is 0 Å². The van der Waals surface area contributed by atoms with Crippen LogP contribution in [-0.4, -0.2) is 15.6 Å². The number of rotatable bonds is 2. The second kappa shape index (κ2) is 4.56. The highest BCUT2D eigenvalue weighted by Gasteiger charge is 2.18. The van der Waals surface area contributed by atoms with Crippen molar-refractivity contribution >= 4 is 28.5 Å². The second-order valence-electron chi connectivity index (χ2n) is 4.49. The molecule has 1 aromatic heterocycles. The smallest absolute Gasteiger partial charge is 0.159 e.